The summed E-state index contributed by atoms with van der Waals surface area (Å²) in [5, 5.41) is 9.96. The van der Waals surface area contributed by atoms with Crippen LogP contribution in [0.15, 0.2) is 12.7 Å². The van der Waals surface area contributed by atoms with Crippen molar-refractivity contribution in [3.63, 3.8) is 0 Å². The molecular formula is C16H31NO2. The molecule has 3 N–H and O–H groups in total. The SMILES string of the molecule is C=CCC(C)C[C@H](N)[C@@H](O)CCC(=O)CCC(C)C. The molecule has 3 atom stereocenters. The van der Waals surface area contributed by atoms with Crippen LogP contribution in [0.4, 0.5) is 0 Å². The zero-order chi connectivity index (χ0) is 14.8. The molecule has 112 valence electrons. The second kappa shape index (κ2) is 10.2. The van der Waals surface area contributed by atoms with Crippen molar-refractivity contribution in [1.82, 2.24) is 0 Å². The standard InChI is InChI=1S/C16H31NO2/c1-5-6-13(4)11-15(17)16(19)10-9-14(18)8-7-12(2)3/h5,12-13,15-16,19H,1,6-11,17H2,2-4H3/t13?,15-,16-/m0/s1. The molecule has 0 aliphatic heterocycles. The fraction of sp³-hybridized carbons (Fsp3) is 0.812. The molecule has 0 spiro atoms. The van der Waals surface area contributed by atoms with Gasteiger partial charge in [0.25, 0.3) is 0 Å². The number of carbonyl (C=O) groups is 1. The number of aliphatic hydroxyl groups is 1. The molecule has 0 heterocycles. The topological polar surface area (TPSA) is 63.3 Å². The van der Waals surface area contributed by atoms with Crippen LogP contribution in [0.1, 0.15) is 59.3 Å². The van der Waals surface area contributed by atoms with E-state index in [4.69, 9.17) is 5.73 Å². The highest BCUT2D eigenvalue weighted by Crippen LogP contribution is 2.15. The van der Waals surface area contributed by atoms with Crippen molar-refractivity contribution in [2.45, 2.75) is 71.4 Å². The van der Waals surface area contributed by atoms with Gasteiger partial charge in [-0.1, -0.05) is 26.8 Å². The van der Waals surface area contributed by atoms with Crippen molar-refractivity contribution < 1.29 is 9.90 Å². The van der Waals surface area contributed by atoms with Gasteiger partial charge in [-0.05, 0) is 37.5 Å². The van der Waals surface area contributed by atoms with Crippen molar-refractivity contribution in [1.29, 1.82) is 0 Å². The lowest BCUT2D eigenvalue weighted by molar-refractivity contribution is -0.119. The molecule has 0 saturated carbocycles. The third-order valence-corrected chi connectivity index (χ3v) is 3.46. The van der Waals surface area contributed by atoms with Crippen molar-refractivity contribution >= 4 is 5.78 Å². The van der Waals surface area contributed by atoms with Gasteiger partial charge >= 0.3 is 0 Å². The highest BCUT2D eigenvalue weighted by Gasteiger charge is 2.18. The molecule has 0 aromatic carbocycles. The minimum atomic E-state index is -0.574. The largest absolute Gasteiger partial charge is 0.392 e. The first-order valence-corrected chi connectivity index (χ1v) is 7.43. The predicted octanol–water partition coefficient (Wildman–Crippen LogP) is 3.06. The number of ketones is 1. The first-order valence-electron chi connectivity index (χ1n) is 7.43. The van der Waals surface area contributed by atoms with E-state index >= 15 is 0 Å². The number of allylic oxidation sites excluding steroid dienone is 1. The average molecular weight is 269 g/mol. The Labute approximate surface area is 118 Å². The van der Waals surface area contributed by atoms with Gasteiger partial charge in [0, 0.05) is 18.9 Å². The predicted molar refractivity (Wildman–Crippen MR) is 80.9 cm³/mol. The van der Waals surface area contributed by atoms with Crippen molar-refractivity contribution in [2.75, 3.05) is 0 Å². The Morgan fingerprint density at radius 3 is 2.37 bits per heavy atom. The van der Waals surface area contributed by atoms with E-state index in [-0.39, 0.29) is 11.8 Å². The van der Waals surface area contributed by atoms with Gasteiger partial charge in [-0.15, -0.1) is 6.58 Å². The normalized spacial score (nSPS) is 16.1. The van der Waals surface area contributed by atoms with Gasteiger partial charge in [0.05, 0.1) is 6.10 Å². The van der Waals surface area contributed by atoms with Gasteiger partial charge < -0.3 is 10.8 Å². The van der Waals surface area contributed by atoms with E-state index < -0.39 is 6.10 Å². The van der Waals surface area contributed by atoms with Crippen LogP contribution in [0.25, 0.3) is 0 Å². The lowest BCUT2D eigenvalue weighted by atomic mass is 9.93. The molecule has 0 saturated heterocycles. The minimum Gasteiger partial charge on any atom is -0.392 e. The third kappa shape index (κ3) is 9.85. The molecule has 0 aromatic rings. The summed E-state index contributed by atoms with van der Waals surface area (Å²) in [4.78, 5) is 11.6. The molecule has 0 bridgehead atoms. The first kappa shape index (κ1) is 18.3. The Balaban J connectivity index is 3.86. The van der Waals surface area contributed by atoms with E-state index in [0.29, 0.717) is 31.1 Å². The maximum Gasteiger partial charge on any atom is 0.133 e. The minimum absolute atomic E-state index is 0.235. The summed E-state index contributed by atoms with van der Waals surface area (Å²) in [6.45, 7) is 10.0. The summed E-state index contributed by atoms with van der Waals surface area (Å²) in [6.07, 6.45) is 5.45. The van der Waals surface area contributed by atoms with Crippen LogP contribution in [0.5, 0.6) is 0 Å². The van der Waals surface area contributed by atoms with E-state index in [2.05, 4.69) is 27.4 Å². The van der Waals surface area contributed by atoms with Gasteiger partial charge in [-0.2, -0.15) is 0 Å². The van der Waals surface area contributed by atoms with Crippen LogP contribution < -0.4 is 5.73 Å². The molecule has 0 amide bonds. The lowest BCUT2D eigenvalue weighted by Crippen LogP contribution is -2.36. The Morgan fingerprint density at radius 1 is 1.26 bits per heavy atom. The molecule has 3 nitrogen and oxygen atoms in total. The number of carbonyl (C=O) groups excluding carboxylic acids is 1. The van der Waals surface area contributed by atoms with Crippen LogP contribution in [0, 0.1) is 11.8 Å². The van der Waals surface area contributed by atoms with E-state index in [9.17, 15) is 9.90 Å². The number of aliphatic hydroxyl groups excluding tert-OH is 1. The quantitative estimate of drug-likeness (QED) is 0.567. The Hall–Kier alpha value is -0.670. The number of rotatable bonds is 11. The Bertz CT molecular complexity index is 263. The molecule has 0 aromatic heterocycles. The molecule has 0 aliphatic rings. The van der Waals surface area contributed by atoms with Crippen LogP contribution in [0.3, 0.4) is 0 Å². The Kier molecular flexibility index (Phi) is 9.80. The van der Waals surface area contributed by atoms with E-state index in [1.54, 1.807) is 0 Å². The van der Waals surface area contributed by atoms with Crippen molar-refractivity contribution in [2.24, 2.45) is 17.6 Å². The summed E-state index contributed by atoms with van der Waals surface area (Å²) in [6, 6.07) is -0.243. The smallest absolute Gasteiger partial charge is 0.133 e. The zero-order valence-corrected chi connectivity index (χ0v) is 12.8. The molecule has 1 unspecified atom stereocenters. The zero-order valence-electron chi connectivity index (χ0n) is 12.8. The van der Waals surface area contributed by atoms with Gasteiger partial charge in [0.1, 0.15) is 5.78 Å². The number of nitrogens with two attached hydrogens (primary N) is 1. The van der Waals surface area contributed by atoms with Crippen LogP contribution in [-0.2, 0) is 4.79 Å². The van der Waals surface area contributed by atoms with E-state index in [0.717, 1.165) is 19.3 Å². The fourth-order valence-electron chi connectivity index (χ4n) is 2.10. The summed E-state index contributed by atoms with van der Waals surface area (Å²) in [5.74, 6) is 1.22. The Morgan fingerprint density at radius 2 is 1.84 bits per heavy atom. The average Bonchev–Trinajstić information content (AvgIpc) is 2.33. The first-order chi connectivity index (χ1) is 8.86. The van der Waals surface area contributed by atoms with Gasteiger partial charge in [-0.25, -0.2) is 0 Å². The molecule has 0 radical (unpaired) electrons. The maximum absolute atomic E-state index is 11.6. The number of hydrogen-bond acceptors (Lipinski definition) is 3. The molecular weight excluding hydrogens is 238 g/mol. The van der Waals surface area contributed by atoms with Gasteiger partial charge in [-0.3, -0.25) is 4.79 Å². The summed E-state index contributed by atoms with van der Waals surface area (Å²) in [7, 11) is 0. The molecule has 19 heavy (non-hydrogen) atoms. The van der Waals surface area contributed by atoms with Crippen molar-refractivity contribution in [3.8, 4) is 0 Å². The monoisotopic (exact) mass is 269 g/mol. The molecule has 0 fully saturated rings. The maximum atomic E-state index is 11.6. The summed E-state index contributed by atoms with van der Waals surface area (Å²) >= 11 is 0. The lowest BCUT2D eigenvalue weighted by Gasteiger charge is -2.21. The van der Waals surface area contributed by atoms with E-state index in [1.165, 1.54) is 0 Å². The highest BCUT2D eigenvalue weighted by molar-refractivity contribution is 5.78. The van der Waals surface area contributed by atoms with Crippen molar-refractivity contribution in [3.05, 3.63) is 12.7 Å². The second-order valence-electron chi connectivity index (χ2n) is 6.11. The summed E-state index contributed by atoms with van der Waals surface area (Å²) < 4.78 is 0. The van der Waals surface area contributed by atoms with E-state index in [1.807, 2.05) is 6.08 Å². The fourth-order valence-corrected chi connectivity index (χ4v) is 2.10. The van der Waals surface area contributed by atoms with Crippen LogP contribution >= 0.6 is 0 Å². The third-order valence-electron chi connectivity index (χ3n) is 3.46. The second-order valence-corrected chi connectivity index (χ2v) is 6.11. The van der Waals surface area contributed by atoms with Crippen LogP contribution in [0.2, 0.25) is 0 Å². The van der Waals surface area contributed by atoms with Crippen LogP contribution in [-0.4, -0.2) is 23.0 Å². The number of Topliss-reactive ketones (excluding diaryl/α,β-unsaturated/α-hetero) is 1. The molecule has 0 aliphatic carbocycles. The molecule has 0 rings (SSSR count). The summed E-state index contributed by atoms with van der Waals surface area (Å²) in [5.41, 5.74) is 5.96. The molecule has 3 heteroatoms. The number of hydrogen-bond donors (Lipinski definition) is 2. The van der Waals surface area contributed by atoms with Gasteiger partial charge in [0.2, 0.25) is 0 Å². The highest BCUT2D eigenvalue weighted by atomic mass is 16.3. The van der Waals surface area contributed by atoms with Gasteiger partial charge in [0.15, 0.2) is 0 Å².